The van der Waals surface area contributed by atoms with Gasteiger partial charge in [-0.2, -0.15) is 30.6 Å². The predicted molar refractivity (Wildman–Crippen MR) is 567 cm³/mol. The summed E-state index contributed by atoms with van der Waals surface area (Å²) >= 11 is 3.70. The summed E-state index contributed by atoms with van der Waals surface area (Å²) in [6.45, 7) is 37.5. The Hall–Kier alpha value is -11.2. The molecule has 12 aliphatic carbocycles. The molecule has 0 radical (unpaired) electrons. The second-order valence-electron chi connectivity index (χ2n) is 46.4. The maximum atomic E-state index is 12.5. The average Bonchev–Trinajstić information content (AvgIpc) is 1.67. The molecule has 23 nitrogen and oxygen atoms in total. The van der Waals surface area contributed by atoms with Crippen LogP contribution in [0.25, 0.3) is 61.1 Å². The lowest BCUT2D eigenvalue weighted by Gasteiger charge is -2.53. The number of rotatable bonds is 5. The predicted octanol–water partition coefficient (Wildman–Crippen LogP) is 24.0. The number of aromatic nitrogens is 13. The lowest BCUT2D eigenvalue weighted by atomic mass is 9.55. The highest BCUT2D eigenvalue weighted by molar-refractivity contribution is 9.10. The van der Waals surface area contributed by atoms with Crippen LogP contribution in [0.2, 0.25) is 0 Å². The van der Waals surface area contributed by atoms with Crippen molar-refractivity contribution < 1.29 is 43.3 Å². The Labute approximate surface area is 863 Å². The molecule has 0 unspecified atom stereocenters. The number of ketones is 2. The largest absolute Gasteiger partial charge is 0.523 e. The number of aliphatic hydroxyl groups is 2. The first-order valence-electron chi connectivity index (χ1n) is 53.6. The van der Waals surface area contributed by atoms with Gasteiger partial charge in [-0.05, 0) is 167 Å². The number of carbonyl (C=O) groups is 2. The first kappa shape index (κ1) is 99.8. The maximum Gasteiger partial charge on any atom is 0.203 e. The minimum atomic E-state index is -0.348. The van der Waals surface area contributed by atoms with E-state index < -0.39 is 0 Å². The van der Waals surface area contributed by atoms with E-state index in [1.165, 1.54) is 137 Å². The van der Waals surface area contributed by atoms with Gasteiger partial charge in [-0.25, -0.2) is 4.85 Å². The molecule has 0 bridgehead atoms. The topological polar surface area (TPSA) is 249 Å². The summed E-state index contributed by atoms with van der Waals surface area (Å²) in [5, 5.41) is 53.8. The molecular weight excluding hydrogens is 1870 g/mol. The molecule has 12 aromatic rings. The molecule has 0 amide bonds. The number of carbonyl (C=O) groups excluding carboxylic acids is 2. The minimum Gasteiger partial charge on any atom is -0.523 e. The van der Waals surface area contributed by atoms with Crippen molar-refractivity contribution in [2.24, 2.45) is 107 Å². The van der Waals surface area contributed by atoms with Gasteiger partial charge in [0.05, 0.1) is 114 Å². The number of benzene rings is 5. The summed E-state index contributed by atoms with van der Waals surface area (Å²) in [6.07, 6.45) is 23.7. The number of Topliss-reactive ketones (excluding diaryl/α,β-unsaturated/α-hetero) is 2. The van der Waals surface area contributed by atoms with E-state index in [-0.39, 0.29) is 73.5 Å². The first-order valence-corrected chi connectivity index (χ1v) is 54.4. The van der Waals surface area contributed by atoms with Crippen LogP contribution in [0, 0.1) is 71.7 Å². The second-order valence-corrected chi connectivity index (χ2v) is 47.1. The lowest BCUT2D eigenvalue weighted by Crippen LogP contribution is -2.55. The van der Waals surface area contributed by atoms with Crippen molar-refractivity contribution in [3.05, 3.63) is 276 Å². The zero-order chi connectivity index (χ0) is 102. The molecule has 2 N–H and O–H groups in total. The van der Waals surface area contributed by atoms with Crippen molar-refractivity contribution in [2.75, 3.05) is 26.4 Å². The Morgan fingerprint density at radius 2 is 0.690 bits per heavy atom. The summed E-state index contributed by atoms with van der Waals surface area (Å²) < 4.78 is 43.3. The normalized spacial score (nSPS) is 30.8. The number of halogens is 1. The standard InChI is InChI=1S/C22H28N2O2.2C21H23N3O.C21H24N2O2.C20H24N2O.C16H23BrN2O2/c1-15-18-10-9-17-19(16-7-5-4-6-8-16)24(3)23-20(17)21(18,2)11-12-22(15)25-13-14-26-22;1-13-17-10-9-16-18(14-7-5-4-6-8-14)24(3)23-20(16)21(17,2)11-15-12-22-25-19(13)15;1-13-16-11-10-15-18(14-8-6-5-7-9-14)24(4)23-20(15)21(16,2)12-17(22-3)19(13)25;1-13-17-10-9-16-18(14-7-5-4-6-8-14)23(3)22-20(16)21(17,2)11-15(12-24)19(13)25;1-13-16-10-9-15-18(14-7-5-4-6-8-14)22(3)21-19(15)20(16,2)12-11-17(13)23;1-10-12-5-4-11-13(18-19(3)14(11)17)15(12,2)6-7-16(10)20-8-9-21-16/h4-8,15,18H,9-14H2,1-3H3;4-8,12-13,17H,9-11H2,1-3H3;5-9,13,16,25H,10-12H2,1-2,4H3;4-8,12-13,17,24H,9-11H2,1-3H3;4-8,13,16H,9-12H2,1-3H3;10,12H,4-9H2,1-3H3/b;;;15-12-;;/t15-,18-,21-;13-,17-,21-;13-,16-,21-;13-,17-,21-;13-,16-,20-;10-,12-,15-/m000000/s1. The molecule has 24 heteroatoms. The van der Waals surface area contributed by atoms with E-state index in [4.69, 9.17) is 60.6 Å². The number of fused-ring (bicyclic) bond motifs is 19. The van der Waals surface area contributed by atoms with E-state index in [9.17, 15) is 19.8 Å². The first-order chi connectivity index (χ1) is 69.6. The summed E-state index contributed by atoms with van der Waals surface area (Å²) in [7, 11) is 12.3. The minimum absolute atomic E-state index is 0.0122. The van der Waals surface area contributed by atoms with Gasteiger partial charge in [-0.1, -0.05) is 240 Å². The second kappa shape index (κ2) is 38.2. The van der Waals surface area contributed by atoms with Crippen molar-refractivity contribution in [3.8, 4) is 56.3 Å². The third kappa shape index (κ3) is 16.3. The van der Waals surface area contributed by atoms with Crippen LogP contribution in [0.5, 0.6) is 0 Å². The van der Waals surface area contributed by atoms with E-state index in [1.54, 1.807) is 0 Å². The van der Waals surface area contributed by atoms with E-state index in [0.717, 1.165) is 151 Å². The highest BCUT2D eigenvalue weighted by Gasteiger charge is 2.62. The zero-order valence-corrected chi connectivity index (χ0v) is 89.7. The fourth-order valence-electron chi connectivity index (χ4n) is 31.4. The molecule has 2 saturated heterocycles. The van der Waals surface area contributed by atoms with Gasteiger partial charge in [0.1, 0.15) is 16.1 Å². The number of aryl methyl sites for hydroxylation is 6. The number of hydrogen-bond donors (Lipinski definition) is 2. The summed E-state index contributed by atoms with van der Waals surface area (Å²) in [5.41, 5.74) is 30.2. The Kier molecular flexibility index (Phi) is 26.3. The van der Waals surface area contributed by atoms with Gasteiger partial charge in [-0.3, -0.25) is 37.7 Å². The maximum absolute atomic E-state index is 12.5. The molecule has 9 heterocycles. The summed E-state index contributed by atoms with van der Waals surface area (Å²) in [6, 6.07) is 52.7. The fraction of sp³-hybridized carbons (Fsp3) is 0.521. The number of hydrogen-bond acceptors (Lipinski definition) is 16. The van der Waals surface area contributed by atoms with Gasteiger partial charge in [-0.15, -0.1) is 0 Å². The highest BCUT2D eigenvalue weighted by atomic mass is 79.9. The van der Waals surface area contributed by atoms with Gasteiger partial charge in [0.2, 0.25) is 5.70 Å². The third-order valence-electron chi connectivity index (χ3n) is 38.9. The number of allylic oxidation sites excluding steroid dienone is 3. The Bertz CT molecular complexity index is 7000. The van der Waals surface area contributed by atoms with Gasteiger partial charge < -0.3 is 33.7 Å². The number of nitrogens with zero attached hydrogens (tertiary/aromatic N) is 14. The van der Waals surface area contributed by atoms with Gasteiger partial charge in [0.15, 0.2) is 17.4 Å². The quantitative estimate of drug-likeness (QED) is 0.0923. The van der Waals surface area contributed by atoms with Crippen molar-refractivity contribution in [1.29, 1.82) is 0 Å². The molecule has 26 rings (SSSR count). The van der Waals surface area contributed by atoms with Crippen LogP contribution < -0.4 is 0 Å². The molecule has 14 aliphatic rings. The van der Waals surface area contributed by atoms with E-state index in [0.29, 0.717) is 89.4 Å². The van der Waals surface area contributed by atoms with E-state index >= 15 is 0 Å². The molecular formula is C121H145BrN14O9. The van der Waals surface area contributed by atoms with Crippen molar-refractivity contribution >= 4 is 27.5 Å². The van der Waals surface area contributed by atoms with E-state index in [1.807, 2.05) is 60.4 Å². The van der Waals surface area contributed by atoms with Crippen LogP contribution in [0.15, 0.2) is 190 Å². The molecule has 4 saturated carbocycles. The van der Waals surface area contributed by atoms with Crippen molar-refractivity contribution in [2.45, 2.75) is 268 Å². The zero-order valence-electron chi connectivity index (χ0n) is 88.1. The smallest absolute Gasteiger partial charge is 0.203 e. The average molecular weight is 2020 g/mol. The molecule has 760 valence electrons. The SMILES string of the molecule is C[C@@H]1C(=O)/C(=C\O)C[C@]2(C)c3nn(C)c(-c4ccccc4)c3CC[C@@H]12.C[C@@H]1C(=O)CC[C@]2(C)c3nn(C)c(-c4ccccc4)c3CC[C@@H]12.C[C@@H]1c2oncc2C[C@]2(C)c3nn(C)c(-c4ccccc4)c3CC[C@@H]12.C[C@H]1[C@@H]2CCc3c(nn(C)c3-c3ccccc3)[C@@]2(C)CCC12OCCO2.C[C@H]1[C@@H]2CCc3c(nn(C)c3Br)[C@@]2(C)CCC12OCCO2.[C-]#[N+]C1=C(O)[C@@H](C)[C@@H]2CCc3c(nn(C)c3-c3ccccc3)[C@@]2(C)C1. The molecule has 5 aromatic carbocycles. The van der Waals surface area contributed by atoms with Gasteiger partial charge in [0.25, 0.3) is 0 Å². The summed E-state index contributed by atoms with van der Waals surface area (Å²) in [4.78, 5) is 28.3. The number of aliphatic hydroxyl groups excluding tert-OH is 2. The summed E-state index contributed by atoms with van der Waals surface area (Å²) in [5.74, 6) is 5.29. The van der Waals surface area contributed by atoms with Crippen LogP contribution in [-0.4, -0.2) is 124 Å². The van der Waals surface area contributed by atoms with Crippen LogP contribution in [0.3, 0.4) is 0 Å². The molecule has 145 heavy (non-hydrogen) atoms. The Morgan fingerprint density at radius 3 is 1.06 bits per heavy atom. The Balaban J connectivity index is 0.000000103. The fourth-order valence-corrected chi connectivity index (χ4v) is 31.9. The van der Waals surface area contributed by atoms with Crippen molar-refractivity contribution in [3.63, 3.8) is 0 Å². The highest BCUT2D eigenvalue weighted by Crippen LogP contribution is 2.63. The third-order valence-corrected chi connectivity index (χ3v) is 39.8. The molecule has 6 fully saturated rings. The van der Waals surface area contributed by atoms with E-state index in [2.05, 4.69) is 277 Å². The van der Waals surface area contributed by atoms with Crippen LogP contribution >= 0.6 is 15.9 Å². The monoisotopic (exact) mass is 2020 g/mol. The number of ether oxygens (including phenoxy) is 4. The van der Waals surface area contributed by atoms with Crippen LogP contribution in [0.4, 0.5) is 0 Å². The molecule has 2 spiro atoms. The Morgan fingerprint density at radius 1 is 0.379 bits per heavy atom. The van der Waals surface area contributed by atoms with Crippen LogP contribution in [-0.2, 0) is 148 Å². The van der Waals surface area contributed by atoms with Crippen LogP contribution in [0.1, 0.15) is 258 Å². The van der Waals surface area contributed by atoms with Gasteiger partial charge in [0, 0.05) is 202 Å². The molecule has 18 atom stereocenters. The lowest BCUT2D eigenvalue weighted by molar-refractivity contribution is -0.234. The van der Waals surface area contributed by atoms with Gasteiger partial charge >= 0.3 is 0 Å². The molecule has 7 aromatic heterocycles. The van der Waals surface area contributed by atoms with Crippen molar-refractivity contribution in [1.82, 2.24) is 63.8 Å². The molecule has 2 aliphatic heterocycles.